The van der Waals surface area contributed by atoms with Crippen LogP contribution in [0.4, 0.5) is 5.69 Å². The maximum atomic E-state index is 4.43. The van der Waals surface area contributed by atoms with Gasteiger partial charge in [-0.2, -0.15) is 0 Å². The van der Waals surface area contributed by atoms with Crippen LogP contribution in [0.25, 0.3) is 0 Å². The summed E-state index contributed by atoms with van der Waals surface area (Å²) >= 11 is 2.34. The van der Waals surface area contributed by atoms with Crippen LogP contribution in [0.5, 0.6) is 0 Å². The Hall–Kier alpha value is -0.250. The molecule has 1 radical (unpaired) electrons. The van der Waals surface area contributed by atoms with E-state index in [4.69, 9.17) is 0 Å². The zero-order valence-electron chi connectivity index (χ0n) is 6.18. The Morgan fingerprint density at radius 1 is 1.36 bits per heavy atom. The van der Waals surface area contributed by atoms with Crippen molar-refractivity contribution in [2.45, 2.75) is 12.8 Å². The second kappa shape index (κ2) is 3.01. The van der Waals surface area contributed by atoms with Gasteiger partial charge in [-0.3, -0.25) is 5.32 Å². The molecule has 2 heteroatoms. The van der Waals surface area contributed by atoms with Gasteiger partial charge in [-0.05, 0) is 59.2 Å². The number of hydrogen-bond donors (Lipinski definition) is 0. The number of benzene rings is 1. The number of halogens is 1. The van der Waals surface area contributed by atoms with Gasteiger partial charge in [0.2, 0.25) is 0 Å². The normalized spacial score (nSPS) is 15.4. The Bertz CT molecular complexity index is 270. The van der Waals surface area contributed by atoms with E-state index < -0.39 is 0 Å². The summed E-state index contributed by atoms with van der Waals surface area (Å²) in [5, 5.41) is 4.43. The molecule has 1 nitrogen and oxygen atoms in total. The van der Waals surface area contributed by atoms with Crippen molar-refractivity contribution in [2.24, 2.45) is 0 Å². The molecular formula is C9H9IN. The average Bonchev–Trinajstić information content (AvgIpc) is 2.04. The summed E-state index contributed by atoms with van der Waals surface area (Å²) in [6, 6.07) is 6.48. The van der Waals surface area contributed by atoms with E-state index in [2.05, 4.69) is 46.1 Å². The van der Waals surface area contributed by atoms with Gasteiger partial charge in [0.15, 0.2) is 0 Å². The summed E-state index contributed by atoms with van der Waals surface area (Å²) < 4.78 is 1.32. The van der Waals surface area contributed by atoms with Crippen molar-refractivity contribution in [3.63, 3.8) is 0 Å². The lowest BCUT2D eigenvalue weighted by molar-refractivity contribution is 0.704. The van der Waals surface area contributed by atoms with Crippen LogP contribution >= 0.6 is 22.6 Å². The first-order chi connectivity index (χ1) is 5.36. The number of rotatable bonds is 0. The monoisotopic (exact) mass is 258 g/mol. The maximum Gasteiger partial charge on any atom is 0.0606 e. The zero-order chi connectivity index (χ0) is 7.68. The standard InChI is InChI=1S/C9H9IN/c10-8-3-4-9-7(6-8)2-1-5-11-9/h3-4,6H,1-2,5H2. The minimum atomic E-state index is 1.01. The highest BCUT2D eigenvalue weighted by molar-refractivity contribution is 14.1. The smallest absolute Gasteiger partial charge is 0.0606 e. The molecule has 57 valence electrons. The summed E-state index contributed by atoms with van der Waals surface area (Å²) in [6.45, 7) is 1.01. The van der Waals surface area contributed by atoms with E-state index in [1.807, 2.05) is 0 Å². The van der Waals surface area contributed by atoms with Crippen molar-refractivity contribution in [2.75, 3.05) is 6.54 Å². The molecule has 1 aromatic rings. The summed E-state index contributed by atoms with van der Waals surface area (Å²) in [5.41, 5.74) is 2.62. The predicted octanol–water partition coefficient (Wildman–Crippen LogP) is 2.47. The summed E-state index contributed by atoms with van der Waals surface area (Å²) in [5.74, 6) is 0. The molecule has 1 aliphatic heterocycles. The highest BCUT2D eigenvalue weighted by Gasteiger charge is 2.08. The topological polar surface area (TPSA) is 14.1 Å². The lowest BCUT2D eigenvalue weighted by Crippen LogP contribution is -2.10. The molecule has 0 aliphatic carbocycles. The zero-order valence-corrected chi connectivity index (χ0v) is 8.34. The number of fused-ring (bicyclic) bond motifs is 1. The number of hydrogen-bond acceptors (Lipinski definition) is 0. The highest BCUT2D eigenvalue weighted by atomic mass is 127. The first-order valence-electron chi connectivity index (χ1n) is 3.82. The molecule has 0 N–H and O–H groups in total. The second-order valence-corrected chi connectivity index (χ2v) is 4.00. The average molecular weight is 258 g/mol. The van der Waals surface area contributed by atoms with Crippen LogP contribution in [0.15, 0.2) is 18.2 Å². The largest absolute Gasteiger partial charge is 0.285 e. The molecule has 1 aliphatic rings. The SMILES string of the molecule is Ic1ccc2c(c1)CCC[N]2. The number of nitrogens with zero attached hydrogens (tertiary/aromatic N) is 1. The van der Waals surface area contributed by atoms with Crippen LogP contribution in [-0.2, 0) is 6.42 Å². The molecule has 1 heterocycles. The molecule has 0 unspecified atom stereocenters. The predicted molar refractivity (Wildman–Crippen MR) is 54.1 cm³/mol. The molecule has 1 aromatic carbocycles. The first-order valence-corrected chi connectivity index (χ1v) is 4.90. The van der Waals surface area contributed by atoms with Gasteiger partial charge in [-0.15, -0.1) is 0 Å². The molecule has 0 amide bonds. The van der Waals surface area contributed by atoms with E-state index in [0.29, 0.717) is 0 Å². The Morgan fingerprint density at radius 3 is 3.18 bits per heavy atom. The van der Waals surface area contributed by atoms with Crippen LogP contribution in [-0.4, -0.2) is 6.54 Å². The molecule has 0 atom stereocenters. The third-order valence-electron chi connectivity index (χ3n) is 1.93. The fraction of sp³-hybridized carbons (Fsp3) is 0.333. The van der Waals surface area contributed by atoms with E-state index in [9.17, 15) is 0 Å². The van der Waals surface area contributed by atoms with Gasteiger partial charge in [0.05, 0.1) is 5.69 Å². The van der Waals surface area contributed by atoms with Crippen LogP contribution < -0.4 is 5.32 Å². The van der Waals surface area contributed by atoms with E-state index in [0.717, 1.165) is 6.54 Å². The van der Waals surface area contributed by atoms with Crippen molar-refractivity contribution < 1.29 is 0 Å². The Morgan fingerprint density at radius 2 is 2.27 bits per heavy atom. The van der Waals surface area contributed by atoms with Gasteiger partial charge >= 0.3 is 0 Å². The van der Waals surface area contributed by atoms with Gasteiger partial charge in [0, 0.05) is 10.1 Å². The molecule has 2 rings (SSSR count). The first kappa shape index (κ1) is 7.40. The van der Waals surface area contributed by atoms with Crippen molar-refractivity contribution in [1.82, 2.24) is 5.32 Å². The lowest BCUT2D eigenvalue weighted by atomic mass is 10.0. The van der Waals surface area contributed by atoms with E-state index >= 15 is 0 Å². The molecule has 0 bridgehead atoms. The van der Waals surface area contributed by atoms with Gasteiger partial charge in [0.25, 0.3) is 0 Å². The maximum absolute atomic E-state index is 4.43. The van der Waals surface area contributed by atoms with Gasteiger partial charge < -0.3 is 0 Å². The molecule has 0 saturated carbocycles. The van der Waals surface area contributed by atoms with Crippen LogP contribution in [0, 0.1) is 3.57 Å². The van der Waals surface area contributed by atoms with E-state index in [-0.39, 0.29) is 0 Å². The third-order valence-corrected chi connectivity index (χ3v) is 2.60. The molecule has 0 spiro atoms. The molecular weight excluding hydrogens is 249 g/mol. The Labute approximate surface area is 80.3 Å². The summed E-state index contributed by atoms with van der Waals surface area (Å²) in [6.07, 6.45) is 2.42. The van der Waals surface area contributed by atoms with E-state index in [1.54, 1.807) is 0 Å². The fourth-order valence-corrected chi connectivity index (χ4v) is 1.93. The van der Waals surface area contributed by atoms with Gasteiger partial charge in [-0.25, -0.2) is 0 Å². The Kier molecular flexibility index (Phi) is 2.02. The van der Waals surface area contributed by atoms with E-state index in [1.165, 1.54) is 27.7 Å². The molecule has 11 heavy (non-hydrogen) atoms. The van der Waals surface area contributed by atoms with Gasteiger partial charge in [-0.1, -0.05) is 0 Å². The van der Waals surface area contributed by atoms with Crippen molar-refractivity contribution in [3.8, 4) is 0 Å². The quantitative estimate of drug-likeness (QED) is 0.635. The van der Waals surface area contributed by atoms with Gasteiger partial charge in [0.1, 0.15) is 0 Å². The highest BCUT2D eigenvalue weighted by Crippen LogP contribution is 2.23. The van der Waals surface area contributed by atoms with Crippen molar-refractivity contribution >= 4 is 28.3 Å². The minimum absolute atomic E-state index is 1.01. The third kappa shape index (κ3) is 1.50. The molecule has 0 fully saturated rings. The second-order valence-electron chi connectivity index (χ2n) is 2.76. The molecule has 0 aromatic heterocycles. The lowest BCUT2D eigenvalue weighted by Gasteiger charge is -2.14. The summed E-state index contributed by atoms with van der Waals surface area (Å²) in [4.78, 5) is 0. The van der Waals surface area contributed by atoms with Crippen molar-refractivity contribution in [3.05, 3.63) is 27.3 Å². The van der Waals surface area contributed by atoms with Crippen LogP contribution in [0.3, 0.4) is 0 Å². The molecule has 0 saturated heterocycles. The van der Waals surface area contributed by atoms with Crippen molar-refractivity contribution in [1.29, 1.82) is 0 Å². The Balaban J connectivity index is 2.43. The van der Waals surface area contributed by atoms with Crippen LogP contribution in [0.1, 0.15) is 12.0 Å². The van der Waals surface area contributed by atoms with Crippen LogP contribution in [0.2, 0.25) is 0 Å². The summed E-state index contributed by atoms with van der Waals surface area (Å²) in [7, 11) is 0. The number of aryl methyl sites for hydroxylation is 1. The minimum Gasteiger partial charge on any atom is -0.285 e. The fourth-order valence-electron chi connectivity index (χ4n) is 1.38.